The van der Waals surface area contributed by atoms with E-state index in [-0.39, 0.29) is 25.2 Å². The quantitative estimate of drug-likeness (QED) is 0.360. The average Bonchev–Trinajstić information content (AvgIpc) is 3.30. The van der Waals surface area contributed by atoms with E-state index in [1.165, 1.54) is 7.11 Å². The molecule has 2 saturated heterocycles. The summed E-state index contributed by atoms with van der Waals surface area (Å²) >= 11 is 0. The van der Waals surface area contributed by atoms with Crippen molar-refractivity contribution in [3.05, 3.63) is 71.8 Å². The Balaban J connectivity index is 1.88. The fourth-order valence-corrected chi connectivity index (χ4v) is 7.51. The third kappa shape index (κ3) is 2.67. The Morgan fingerprint density at radius 2 is 1.59 bits per heavy atom. The van der Waals surface area contributed by atoms with Gasteiger partial charge in [-0.2, -0.15) is 0 Å². The van der Waals surface area contributed by atoms with Crippen LogP contribution >= 0.6 is 7.60 Å². The summed E-state index contributed by atoms with van der Waals surface area (Å²) in [5.41, 5.74) is 0.953. The van der Waals surface area contributed by atoms with Crippen LogP contribution in [0.15, 0.2) is 60.7 Å². The molecule has 2 aromatic carbocycles. The van der Waals surface area contributed by atoms with E-state index in [0.29, 0.717) is 6.42 Å². The topological polar surface area (TPSA) is 64.8 Å². The fraction of sp³-hybridized carbons (Fsp3) is 0.409. The van der Waals surface area contributed by atoms with E-state index in [1.807, 2.05) is 65.6 Å². The molecule has 2 aliphatic rings. The number of methoxy groups -OCH3 is 1. The molecule has 2 heterocycles. The molecule has 4 rings (SSSR count). The number of hydrogen-bond donors (Lipinski definition) is 0. The van der Waals surface area contributed by atoms with Gasteiger partial charge in [-0.25, -0.2) is 4.79 Å². The summed E-state index contributed by atoms with van der Waals surface area (Å²) in [5.74, 6) is -0.322. The summed E-state index contributed by atoms with van der Waals surface area (Å²) in [5, 5.41) is -1.03. The number of fused-ring (bicyclic) bond motifs is 1. The molecule has 0 aliphatic carbocycles. The highest BCUT2D eigenvalue weighted by atomic mass is 31.2. The van der Waals surface area contributed by atoms with Crippen LogP contribution in [0.25, 0.3) is 0 Å². The minimum atomic E-state index is -3.62. The molecule has 4 atom stereocenters. The molecule has 0 bridgehead atoms. The van der Waals surface area contributed by atoms with Crippen molar-refractivity contribution in [3.8, 4) is 0 Å². The maximum absolute atomic E-state index is 14.1. The van der Waals surface area contributed by atoms with Crippen molar-refractivity contribution in [1.82, 2.24) is 4.90 Å². The summed E-state index contributed by atoms with van der Waals surface area (Å²) in [6.45, 7) is 4.10. The first kappa shape index (κ1) is 20.3. The Morgan fingerprint density at radius 1 is 1.03 bits per heavy atom. The van der Waals surface area contributed by atoms with Crippen molar-refractivity contribution in [3.63, 3.8) is 0 Å². The minimum absolute atomic E-state index is 0.245. The second-order valence-electron chi connectivity index (χ2n) is 7.29. The number of ether oxygens (including phenoxy) is 1. The zero-order chi connectivity index (χ0) is 20.7. The van der Waals surface area contributed by atoms with Gasteiger partial charge in [0, 0.05) is 6.42 Å². The molecule has 0 saturated carbocycles. The first-order chi connectivity index (χ1) is 14.0. The molecule has 0 N–H and O–H groups in total. The lowest BCUT2D eigenvalue weighted by atomic mass is 9.85. The van der Waals surface area contributed by atoms with Gasteiger partial charge in [0.1, 0.15) is 5.54 Å². The molecule has 2 aliphatic heterocycles. The molecule has 0 amide bonds. The van der Waals surface area contributed by atoms with Crippen molar-refractivity contribution in [2.45, 2.75) is 37.1 Å². The highest BCUT2D eigenvalue weighted by Gasteiger charge is 2.89. The zero-order valence-corrected chi connectivity index (χ0v) is 17.8. The van der Waals surface area contributed by atoms with Crippen LogP contribution in [0.3, 0.4) is 0 Å². The van der Waals surface area contributed by atoms with Crippen LogP contribution in [0.1, 0.15) is 37.4 Å². The molecule has 0 spiro atoms. The van der Waals surface area contributed by atoms with E-state index in [2.05, 4.69) is 0 Å². The Labute approximate surface area is 171 Å². The third-order valence-electron chi connectivity index (χ3n) is 5.93. The van der Waals surface area contributed by atoms with Gasteiger partial charge < -0.3 is 13.8 Å². The van der Waals surface area contributed by atoms with Crippen molar-refractivity contribution >= 4 is 13.6 Å². The largest absolute Gasteiger partial charge is 0.468 e. The third-order valence-corrected chi connectivity index (χ3v) is 8.66. The Kier molecular flexibility index (Phi) is 5.16. The lowest BCUT2D eigenvalue weighted by Crippen LogP contribution is -2.56. The van der Waals surface area contributed by atoms with Crippen molar-refractivity contribution < 1.29 is 23.1 Å². The number of carbonyl (C=O) groups is 1. The SMILES string of the molecule is CCOP(=O)(OCC)[C@@]1(c2ccccc2)C[C@@]2(C(=O)OC)[C@@H](c3ccccc3)N21. The summed E-state index contributed by atoms with van der Waals surface area (Å²) in [6, 6.07) is 19.1. The maximum atomic E-state index is 14.1. The normalized spacial score (nSPS) is 30.2. The van der Waals surface area contributed by atoms with Gasteiger partial charge in [-0.1, -0.05) is 60.7 Å². The van der Waals surface area contributed by atoms with Gasteiger partial charge in [-0.3, -0.25) is 9.46 Å². The van der Waals surface area contributed by atoms with E-state index in [4.69, 9.17) is 13.8 Å². The summed E-state index contributed by atoms with van der Waals surface area (Å²) < 4.78 is 30.9. The standard InChI is InChI=1S/C22H26NO5P/c1-4-27-29(25,28-5-2)22(18-14-10-7-11-15-18)16-21(20(24)26-3)19(23(21)22)17-12-8-6-9-13-17/h6-15,19H,4-5,16H2,1-3H3/t19-,21+,22-,23?/m1/s1. The molecule has 2 aromatic rings. The molecule has 154 valence electrons. The first-order valence-corrected chi connectivity index (χ1v) is 11.4. The zero-order valence-electron chi connectivity index (χ0n) is 16.9. The second-order valence-corrected chi connectivity index (χ2v) is 9.54. The van der Waals surface area contributed by atoms with Gasteiger partial charge >= 0.3 is 13.6 Å². The van der Waals surface area contributed by atoms with Crippen LogP contribution in [0.4, 0.5) is 0 Å². The number of hydrogen-bond acceptors (Lipinski definition) is 6. The molecule has 6 nitrogen and oxygen atoms in total. The Hall–Kier alpha value is -1.98. The van der Waals surface area contributed by atoms with E-state index < -0.39 is 18.4 Å². The van der Waals surface area contributed by atoms with E-state index in [9.17, 15) is 9.36 Å². The summed E-state index contributed by atoms with van der Waals surface area (Å²) in [6.07, 6.45) is 0.313. The second kappa shape index (κ2) is 7.37. The summed E-state index contributed by atoms with van der Waals surface area (Å²) in [4.78, 5) is 14.8. The molecular weight excluding hydrogens is 389 g/mol. The van der Waals surface area contributed by atoms with Crippen LogP contribution in [-0.4, -0.2) is 36.7 Å². The molecule has 2 fully saturated rings. The number of benzene rings is 2. The predicted octanol–water partition coefficient (Wildman–Crippen LogP) is 4.48. The smallest absolute Gasteiger partial charge is 0.355 e. The lowest BCUT2D eigenvalue weighted by molar-refractivity contribution is -0.150. The van der Waals surface area contributed by atoms with Crippen LogP contribution < -0.4 is 0 Å². The van der Waals surface area contributed by atoms with Gasteiger partial charge in [-0.15, -0.1) is 0 Å². The van der Waals surface area contributed by atoms with Crippen LogP contribution in [0.5, 0.6) is 0 Å². The molecular formula is C22H26NO5P. The fourth-order valence-electron chi connectivity index (χ4n) is 4.87. The van der Waals surface area contributed by atoms with E-state index >= 15 is 0 Å². The van der Waals surface area contributed by atoms with Gasteiger partial charge in [-0.05, 0) is 25.0 Å². The van der Waals surface area contributed by atoms with Crippen LogP contribution in [0.2, 0.25) is 0 Å². The Morgan fingerprint density at radius 3 is 2.10 bits per heavy atom. The highest BCUT2D eigenvalue weighted by molar-refractivity contribution is 7.55. The molecule has 7 heteroatoms. The van der Waals surface area contributed by atoms with E-state index in [0.717, 1.165) is 11.1 Å². The average molecular weight is 415 g/mol. The molecule has 29 heavy (non-hydrogen) atoms. The Bertz CT molecular complexity index is 927. The van der Waals surface area contributed by atoms with Crippen LogP contribution in [0, 0.1) is 0 Å². The van der Waals surface area contributed by atoms with Gasteiger partial charge in [0.05, 0.1) is 26.4 Å². The maximum Gasteiger partial charge on any atom is 0.355 e. The highest BCUT2D eigenvalue weighted by Crippen LogP contribution is 2.85. The summed E-state index contributed by atoms with van der Waals surface area (Å²) in [7, 11) is -2.23. The molecule has 0 radical (unpaired) electrons. The lowest BCUT2D eigenvalue weighted by Gasteiger charge is -2.49. The number of rotatable bonds is 8. The van der Waals surface area contributed by atoms with Crippen LogP contribution in [-0.2, 0) is 28.4 Å². The van der Waals surface area contributed by atoms with Gasteiger partial charge in [0.25, 0.3) is 0 Å². The van der Waals surface area contributed by atoms with Crippen molar-refractivity contribution in [1.29, 1.82) is 0 Å². The van der Waals surface area contributed by atoms with E-state index in [1.54, 1.807) is 13.8 Å². The minimum Gasteiger partial charge on any atom is -0.468 e. The van der Waals surface area contributed by atoms with Gasteiger partial charge in [0.2, 0.25) is 0 Å². The molecule has 1 unspecified atom stereocenters. The van der Waals surface area contributed by atoms with Crippen molar-refractivity contribution in [2.75, 3.05) is 20.3 Å². The number of esters is 1. The predicted molar refractivity (Wildman–Crippen MR) is 109 cm³/mol. The number of carbonyl (C=O) groups excluding carboxylic acids is 1. The van der Waals surface area contributed by atoms with Gasteiger partial charge in [0.15, 0.2) is 5.28 Å². The molecule has 0 aromatic heterocycles. The first-order valence-electron chi connectivity index (χ1n) is 9.89. The monoisotopic (exact) mass is 415 g/mol. The van der Waals surface area contributed by atoms with Crippen molar-refractivity contribution in [2.24, 2.45) is 0 Å². The number of nitrogens with zero attached hydrogens (tertiary/aromatic N) is 1.